The summed E-state index contributed by atoms with van der Waals surface area (Å²) in [6.07, 6.45) is 0. The highest BCUT2D eigenvalue weighted by molar-refractivity contribution is 6.09. The molecule has 0 bridgehead atoms. The van der Waals surface area contributed by atoms with Crippen LogP contribution in [0.5, 0.6) is 0 Å². The van der Waals surface area contributed by atoms with Crippen LogP contribution < -0.4 is 5.32 Å². The number of para-hydroxylation sites is 1. The lowest BCUT2D eigenvalue weighted by atomic mass is 10.1. The number of aryl methyl sites for hydroxylation is 1. The van der Waals surface area contributed by atoms with E-state index in [-0.39, 0.29) is 17.5 Å². The van der Waals surface area contributed by atoms with E-state index in [4.69, 9.17) is 4.42 Å². The van der Waals surface area contributed by atoms with Crippen LogP contribution in [0.3, 0.4) is 0 Å². The van der Waals surface area contributed by atoms with Crippen molar-refractivity contribution in [2.75, 3.05) is 5.32 Å². The van der Waals surface area contributed by atoms with Crippen LogP contribution in [0.1, 0.15) is 33.5 Å². The van der Waals surface area contributed by atoms with Gasteiger partial charge in [-0.2, -0.15) is 0 Å². The molecule has 0 spiro atoms. The van der Waals surface area contributed by atoms with Gasteiger partial charge in [-0.15, -0.1) is 0 Å². The molecule has 2 heterocycles. The Morgan fingerprint density at radius 3 is 2.62 bits per heavy atom. The quantitative estimate of drug-likeness (QED) is 0.545. The molecule has 0 saturated carbocycles. The molecule has 128 valence electrons. The van der Waals surface area contributed by atoms with Gasteiger partial charge in [-0.1, -0.05) is 24.3 Å². The van der Waals surface area contributed by atoms with E-state index < -0.39 is 0 Å². The van der Waals surface area contributed by atoms with Gasteiger partial charge in [-0.25, -0.2) is 0 Å². The second kappa shape index (κ2) is 6.11. The van der Waals surface area contributed by atoms with Crippen LogP contribution in [0, 0.1) is 6.92 Å². The minimum absolute atomic E-state index is 0.0574. The first-order valence-corrected chi connectivity index (χ1v) is 8.24. The molecule has 4 rings (SSSR count). The number of amides is 1. The van der Waals surface area contributed by atoms with Crippen molar-refractivity contribution in [2.45, 2.75) is 13.8 Å². The number of benzene rings is 2. The predicted molar refractivity (Wildman–Crippen MR) is 101 cm³/mol. The topological polar surface area (TPSA) is 72.2 Å². The molecule has 0 aliphatic carbocycles. The molecule has 0 aliphatic rings. The predicted octanol–water partition coefficient (Wildman–Crippen LogP) is 4.74. The number of aromatic nitrogens is 1. The minimum Gasteiger partial charge on any atom is -0.450 e. The number of fused-ring (bicyclic) bond motifs is 3. The van der Waals surface area contributed by atoms with E-state index in [1.807, 2.05) is 31.2 Å². The molecule has 26 heavy (non-hydrogen) atoms. The number of furan rings is 1. The van der Waals surface area contributed by atoms with E-state index in [1.165, 1.54) is 6.92 Å². The lowest BCUT2D eigenvalue weighted by molar-refractivity contribution is 0.0993. The monoisotopic (exact) mass is 344 g/mol. The number of rotatable bonds is 3. The number of pyridine rings is 1. The van der Waals surface area contributed by atoms with Gasteiger partial charge in [-0.05, 0) is 44.2 Å². The molecule has 0 radical (unpaired) electrons. The summed E-state index contributed by atoms with van der Waals surface area (Å²) in [6, 6.07) is 16.2. The first kappa shape index (κ1) is 16.0. The van der Waals surface area contributed by atoms with Crippen molar-refractivity contribution >= 4 is 39.2 Å². The van der Waals surface area contributed by atoms with E-state index in [9.17, 15) is 9.59 Å². The van der Waals surface area contributed by atoms with Crippen molar-refractivity contribution in [1.29, 1.82) is 0 Å². The maximum atomic E-state index is 12.6. The Morgan fingerprint density at radius 1 is 1.00 bits per heavy atom. The molecular formula is C21H16N2O3. The zero-order valence-corrected chi connectivity index (χ0v) is 14.4. The Bertz CT molecular complexity index is 1170. The molecule has 2 aromatic carbocycles. The Kier molecular flexibility index (Phi) is 3.77. The Hall–Kier alpha value is -3.47. The molecule has 4 aromatic rings. The van der Waals surface area contributed by atoms with Crippen LogP contribution in [-0.2, 0) is 0 Å². The van der Waals surface area contributed by atoms with Crippen LogP contribution in [0.2, 0.25) is 0 Å². The summed E-state index contributed by atoms with van der Waals surface area (Å²) >= 11 is 0. The Labute approximate surface area is 149 Å². The first-order valence-electron chi connectivity index (χ1n) is 8.24. The maximum Gasteiger partial charge on any atom is 0.291 e. The number of hydrogen-bond acceptors (Lipinski definition) is 4. The SMILES string of the molecule is CC(=O)c1cccc(NC(=O)c2cc3c(C)nc4ccccc4c3o2)c1. The van der Waals surface area contributed by atoms with Gasteiger partial charge < -0.3 is 9.73 Å². The van der Waals surface area contributed by atoms with Crippen molar-refractivity contribution in [2.24, 2.45) is 0 Å². The van der Waals surface area contributed by atoms with Gasteiger partial charge in [-0.3, -0.25) is 14.6 Å². The number of carbonyl (C=O) groups is 2. The number of nitrogens with zero attached hydrogens (tertiary/aromatic N) is 1. The van der Waals surface area contributed by atoms with Gasteiger partial charge in [0.1, 0.15) is 5.58 Å². The van der Waals surface area contributed by atoms with E-state index in [1.54, 1.807) is 30.3 Å². The van der Waals surface area contributed by atoms with Crippen LogP contribution >= 0.6 is 0 Å². The molecule has 2 aromatic heterocycles. The third kappa shape index (κ3) is 2.73. The normalized spacial score (nSPS) is 11.0. The Balaban J connectivity index is 1.74. The maximum absolute atomic E-state index is 12.6. The lowest BCUT2D eigenvalue weighted by Gasteiger charge is -2.04. The molecule has 0 aliphatic heterocycles. The largest absolute Gasteiger partial charge is 0.450 e. The minimum atomic E-state index is -0.370. The van der Waals surface area contributed by atoms with Crippen molar-refractivity contribution in [1.82, 2.24) is 4.98 Å². The smallest absolute Gasteiger partial charge is 0.291 e. The van der Waals surface area contributed by atoms with Crippen molar-refractivity contribution in [3.8, 4) is 0 Å². The summed E-state index contributed by atoms with van der Waals surface area (Å²) in [5, 5.41) is 4.45. The van der Waals surface area contributed by atoms with Crippen LogP contribution in [0.15, 0.2) is 59.0 Å². The fraction of sp³-hybridized carbons (Fsp3) is 0.0952. The number of anilines is 1. The zero-order valence-electron chi connectivity index (χ0n) is 14.4. The van der Waals surface area contributed by atoms with Crippen LogP contribution in [-0.4, -0.2) is 16.7 Å². The average Bonchev–Trinajstić information content (AvgIpc) is 3.08. The number of carbonyl (C=O) groups excluding carboxylic acids is 2. The van der Waals surface area contributed by atoms with Crippen molar-refractivity contribution < 1.29 is 14.0 Å². The summed E-state index contributed by atoms with van der Waals surface area (Å²) in [6.45, 7) is 3.38. The average molecular weight is 344 g/mol. The molecule has 5 heteroatoms. The summed E-state index contributed by atoms with van der Waals surface area (Å²) in [5.74, 6) is -0.224. The fourth-order valence-corrected chi connectivity index (χ4v) is 2.98. The number of Topliss-reactive ketones (excluding diaryl/α,β-unsaturated/α-hetero) is 1. The highest BCUT2D eigenvalue weighted by Gasteiger charge is 2.17. The molecule has 0 atom stereocenters. The molecule has 1 N–H and O–H groups in total. The number of ketones is 1. The van der Waals surface area contributed by atoms with Gasteiger partial charge in [0.2, 0.25) is 0 Å². The standard InChI is InChI=1S/C21H16N2O3/c1-12-17-11-19(26-20(17)16-8-3-4-9-18(16)22-12)21(25)23-15-7-5-6-14(10-15)13(2)24/h3-11H,1-2H3,(H,23,25). The third-order valence-corrected chi connectivity index (χ3v) is 4.31. The summed E-state index contributed by atoms with van der Waals surface area (Å²) < 4.78 is 5.85. The molecule has 0 fully saturated rings. The second-order valence-corrected chi connectivity index (χ2v) is 6.16. The number of nitrogens with one attached hydrogen (secondary N) is 1. The van der Waals surface area contributed by atoms with E-state index in [2.05, 4.69) is 10.3 Å². The van der Waals surface area contributed by atoms with Gasteiger partial charge >= 0.3 is 0 Å². The molecule has 0 saturated heterocycles. The number of hydrogen-bond donors (Lipinski definition) is 1. The highest BCUT2D eigenvalue weighted by atomic mass is 16.3. The fourth-order valence-electron chi connectivity index (χ4n) is 2.98. The second-order valence-electron chi connectivity index (χ2n) is 6.16. The van der Waals surface area contributed by atoms with E-state index in [0.717, 1.165) is 22.0 Å². The van der Waals surface area contributed by atoms with Gasteiger partial charge in [0.05, 0.1) is 5.52 Å². The van der Waals surface area contributed by atoms with E-state index in [0.29, 0.717) is 16.8 Å². The molecule has 1 amide bonds. The molecule has 0 unspecified atom stereocenters. The van der Waals surface area contributed by atoms with Crippen molar-refractivity contribution in [3.63, 3.8) is 0 Å². The van der Waals surface area contributed by atoms with Crippen LogP contribution in [0.25, 0.3) is 21.9 Å². The summed E-state index contributed by atoms with van der Waals surface area (Å²) in [5.41, 5.74) is 3.37. The Morgan fingerprint density at radius 2 is 1.81 bits per heavy atom. The molecule has 5 nitrogen and oxygen atoms in total. The molecular weight excluding hydrogens is 328 g/mol. The lowest BCUT2D eigenvalue weighted by Crippen LogP contribution is -2.11. The van der Waals surface area contributed by atoms with Crippen LogP contribution in [0.4, 0.5) is 5.69 Å². The van der Waals surface area contributed by atoms with Gasteiger partial charge in [0, 0.05) is 27.7 Å². The van der Waals surface area contributed by atoms with Crippen molar-refractivity contribution in [3.05, 3.63) is 71.6 Å². The summed E-state index contributed by atoms with van der Waals surface area (Å²) in [4.78, 5) is 28.7. The third-order valence-electron chi connectivity index (χ3n) is 4.31. The first-order chi connectivity index (χ1) is 12.5. The highest BCUT2D eigenvalue weighted by Crippen LogP contribution is 2.29. The zero-order chi connectivity index (χ0) is 18.3. The van der Waals surface area contributed by atoms with Gasteiger partial charge in [0.15, 0.2) is 11.5 Å². The summed E-state index contributed by atoms with van der Waals surface area (Å²) in [7, 11) is 0. The van der Waals surface area contributed by atoms with E-state index >= 15 is 0 Å². The van der Waals surface area contributed by atoms with Gasteiger partial charge in [0.25, 0.3) is 5.91 Å².